The van der Waals surface area contributed by atoms with Crippen molar-refractivity contribution in [2.45, 2.75) is 19.4 Å². The minimum atomic E-state index is -1.06. The molecule has 0 aliphatic carbocycles. The van der Waals surface area contributed by atoms with Gasteiger partial charge in [-0.05, 0) is 13.3 Å². The van der Waals surface area contributed by atoms with Crippen molar-refractivity contribution in [2.75, 3.05) is 6.61 Å². The molecule has 0 spiro atoms. The summed E-state index contributed by atoms with van der Waals surface area (Å²) < 4.78 is 0. The van der Waals surface area contributed by atoms with Gasteiger partial charge in [-0.25, -0.2) is 4.79 Å². The number of carbonyl (C=O) groups is 1. The summed E-state index contributed by atoms with van der Waals surface area (Å²) in [6, 6.07) is -0.245. The lowest BCUT2D eigenvalue weighted by Gasteiger charge is -2.19. The number of hydrogen-bond acceptors (Lipinski definition) is 2. The van der Waals surface area contributed by atoms with Gasteiger partial charge in [-0.3, -0.25) is 0 Å². The smallest absolute Gasteiger partial charge is 0.404 e. The summed E-state index contributed by atoms with van der Waals surface area (Å²) in [5.41, 5.74) is 0. The normalized spacial score (nSPS) is 14.8. The zero-order valence-electron chi connectivity index (χ0n) is 7.16. The zero-order valence-corrected chi connectivity index (χ0v) is 7.16. The fourth-order valence-corrected chi connectivity index (χ4v) is 0.963. The second kappa shape index (κ2) is 5.60. The van der Waals surface area contributed by atoms with Gasteiger partial charge >= 0.3 is 6.09 Å². The van der Waals surface area contributed by atoms with Crippen molar-refractivity contribution in [2.24, 2.45) is 5.92 Å². The average Bonchev–Trinajstić information content (AvgIpc) is 1.98. The molecule has 0 rings (SSSR count). The highest BCUT2D eigenvalue weighted by Crippen LogP contribution is 2.08. The van der Waals surface area contributed by atoms with E-state index in [4.69, 9.17) is 10.2 Å². The topological polar surface area (TPSA) is 69.6 Å². The highest BCUT2D eigenvalue weighted by atomic mass is 16.4. The molecule has 0 radical (unpaired) electrons. The number of hydrogen-bond donors (Lipinski definition) is 3. The van der Waals surface area contributed by atoms with Gasteiger partial charge in [-0.2, -0.15) is 0 Å². The maximum absolute atomic E-state index is 10.2. The Morgan fingerprint density at radius 3 is 2.67 bits per heavy atom. The summed E-state index contributed by atoms with van der Waals surface area (Å²) in [6.45, 7) is 5.21. The minimum Gasteiger partial charge on any atom is -0.465 e. The maximum Gasteiger partial charge on any atom is 0.404 e. The van der Waals surface area contributed by atoms with Gasteiger partial charge in [-0.15, -0.1) is 6.58 Å². The van der Waals surface area contributed by atoms with Crippen molar-refractivity contribution in [1.29, 1.82) is 0 Å². The lowest BCUT2D eigenvalue weighted by Crippen LogP contribution is -2.38. The summed E-state index contributed by atoms with van der Waals surface area (Å²) in [6.07, 6.45) is 1.21. The van der Waals surface area contributed by atoms with Crippen molar-refractivity contribution in [3.8, 4) is 0 Å². The molecule has 0 heterocycles. The molecule has 0 aromatic heterocycles. The largest absolute Gasteiger partial charge is 0.465 e. The Morgan fingerprint density at radius 2 is 2.33 bits per heavy atom. The molecule has 1 amide bonds. The molecule has 0 saturated heterocycles. The summed E-state index contributed by atoms with van der Waals surface area (Å²) in [7, 11) is 0. The molecule has 3 N–H and O–H groups in total. The molecule has 0 bridgehead atoms. The van der Waals surface area contributed by atoms with E-state index >= 15 is 0 Å². The van der Waals surface area contributed by atoms with Crippen LogP contribution in [-0.2, 0) is 0 Å². The molecule has 0 saturated carbocycles. The molecule has 4 heteroatoms. The number of nitrogens with one attached hydrogen (secondary N) is 1. The number of aliphatic hydroxyl groups excluding tert-OH is 1. The second-order valence-corrected chi connectivity index (χ2v) is 2.71. The molecular weight excluding hydrogens is 158 g/mol. The fraction of sp³-hybridized carbons (Fsp3) is 0.625. The second-order valence-electron chi connectivity index (χ2n) is 2.71. The van der Waals surface area contributed by atoms with Crippen LogP contribution in [0.5, 0.6) is 0 Å². The van der Waals surface area contributed by atoms with E-state index < -0.39 is 6.09 Å². The third kappa shape index (κ3) is 3.98. The Bertz CT molecular complexity index is 158. The first kappa shape index (κ1) is 11.0. The third-order valence-corrected chi connectivity index (χ3v) is 1.76. The first-order valence-corrected chi connectivity index (χ1v) is 3.83. The number of amides is 1. The average molecular weight is 173 g/mol. The van der Waals surface area contributed by atoms with E-state index in [1.807, 2.05) is 0 Å². The molecule has 0 fully saturated rings. The third-order valence-electron chi connectivity index (χ3n) is 1.76. The van der Waals surface area contributed by atoms with Crippen molar-refractivity contribution in [3.05, 3.63) is 12.7 Å². The van der Waals surface area contributed by atoms with Crippen molar-refractivity contribution >= 4 is 6.09 Å². The van der Waals surface area contributed by atoms with E-state index in [0.717, 1.165) is 0 Å². The van der Waals surface area contributed by atoms with Gasteiger partial charge in [0.05, 0.1) is 0 Å². The van der Waals surface area contributed by atoms with Crippen LogP contribution in [0, 0.1) is 5.92 Å². The molecule has 0 aromatic carbocycles. The van der Waals surface area contributed by atoms with Gasteiger partial charge in [0, 0.05) is 18.6 Å². The van der Waals surface area contributed by atoms with E-state index in [1.54, 1.807) is 13.0 Å². The van der Waals surface area contributed by atoms with Gasteiger partial charge in [-0.1, -0.05) is 6.08 Å². The van der Waals surface area contributed by atoms with Crippen LogP contribution in [0.3, 0.4) is 0 Å². The van der Waals surface area contributed by atoms with Gasteiger partial charge in [0.1, 0.15) is 0 Å². The van der Waals surface area contributed by atoms with Crippen LogP contribution in [0.4, 0.5) is 4.79 Å². The number of rotatable bonds is 5. The van der Waals surface area contributed by atoms with Crippen molar-refractivity contribution in [3.63, 3.8) is 0 Å². The minimum absolute atomic E-state index is 0.0343. The highest BCUT2D eigenvalue weighted by molar-refractivity contribution is 5.64. The van der Waals surface area contributed by atoms with E-state index in [2.05, 4.69) is 11.9 Å². The summed E-state index contributed by atoms with van der Waals surface area (Å²) in [5.74, 6) is -0.0846. The molecule has 0 aliphatic heterocycles. The lowest BCUT2D eigenvalue weighted by atomic mass is 9.99. The standard InChI is InChI=1S/C8H15NO3/c1-3-4-7(5-10)6(2)9-8(11)12/h3,6-7,9-10H,1,4-5H2,2H3,(H,11,12)/t6-,7+/m1/s1. The molecule has 4 nitrogen and oxygen atoms in total. The monoisotopic (exact) mass is 173 g/mol. The Hall–Kier alpha value is -1.03. The molecule has 0 aromatic rings. The number of carboxylic acid groups (broad SMARTS) is 1. The molecule has 70 valence electrons. The van der Waals surface area contributed by atoms with E-state index in [9.17, 15) is 4.79 Å². The molecule has 0 aliphatic rings. The molecular formula is C8H15NO3. The first-order chi connectivity index (χ1) is 5.61. The van der Waals surface area contributed by atoms with Crippen LogP contribution in [0.2, 0.25) is 0 Å². The number of aliphatic hydroxyl groups is 1. The fourth-order valence-electron chi connectivity index (χ4n) is 0.963. The highest BCUT2D eigenvalue weighted by Gasteiger charge is 2.16. The van der Waals surface area contributed by atoms with Gasteiger partial charge in [0.15, 0.2) is 0 Å². The van der Waals surface area contributed by atoms with E-state index in [1.165, 1.54) is 0 Å². The summed E-state index contributed by atoms with van der Waals surface area (Å²) in [5, 5.41) is 19.5. The summed E-state index contributed by atoms with van der Waals surface area (Å²) in [4.78, 5) is 10.2. The molecule has 2 atom stereocenters. The Morgan fingerprint density at radius 1 is 1.75 bits per heavy atom. The van der Waals surface area contributed by atoms with Crippen LogP contribution in [0.25, 0.3) is 0 Å². The van der Waals surface area contributed by atoms with Gasteiger partial charge in [0.25, 0.3) is 0 Å². The van der Waals surface area contributed by atoms with Gasteiger partial charge < -0.3 is 15.5 Å². The predicted octanol–water partition coefficient (Wildman–Crippen LogP) is 0.827. The summed E-state index contributed by atoms with van der Waals surface area (Å²) >= 11 is 0. The van der Waals surface area contributed by atoms with E-state index in [0.29, 0.717) is 6.42 Å². The van der Waals surface area contributed by atoms with Crippen LogP contribution in [0.15, 0.2) is 12.7 Å². The van der Waals surface area contributed by atoms with Crippen LogP contribution in [0.1, 0.15) is 13.3 Å². The van der Waals surface area contributed by atoms with Gasteiger partial charge in [0.2, 0.25) is 0 Å². The molecule has 0 unspecified atom stereocenters. The van der Waals surface area contributed by atoms with E-state index in [-0.39, 0.29) is 18.6 Å². The maximum atomic E-state index is 10.2. The zero-order chi connectivity index (χ0) is 9.56. The molecule has 12 heavy (non-hydrogen) atoms. The van der Waals surface area contributed by atoms with Crippen LogP contribution in [-0.4, -0.2) is 29.0 Å². The Balaban J connectivity index is 3.92. The van der Waals surface area contributed by atoms with Crippen LogP contribution >= 0.6 is 0 Å². The number of allylic oxidation sites excluding steroid dienone is 1. The predicted molar refractivity (Wildman–Crippen MR) is 46.0 cm³/mol. The van der Waals surface area contributed by atoms with Crippen LogP contribution < -0.4 is 5.32 Å². The first-order valence-electron chi connectivity index (χ1n) is 3.83. The Kier molecular flexibility index (Phi) is 5.12. The SMILES string of the molecule is C=CC[C@@H](CO)[C@@H](C)NC(=O)O. The van der Waals surface area contributed by atoms with Crippen molar-refractivity contribution in [1.82, 2.24) is 5.32 Å². The lowest BCUT2D eigenvalue weighted by molar-refractivity contribution is 0.168. The van der Waals surface area contributed by atoms with Crippen molar-refractivity contribution < 1.29 is 15.0 Å². The Labute approximate surface area is 71.9 Å². The quantitative estimate of drug-likeness (QED) is 0.539.